The van der Waals surface area contributed by atoms with Crippen LogP contribution in [0, 0.1) is 0 Å². The van der Waals surface area contributed by atoms with Crippen LogP contribution in [-0.4, -0.2) is 16.0 Å². The van der Waals surface area contributed by atoms with Crippen molar-refractivity contribution in [1.82, 2.24) is 4.98 Å². The van der Waals surface area contributed by atoms with Gasteiger partial charge in [0.05, 0.1) is 0 Å². The second-order valence-corrected chi connectivity index (χ2v) is 3.00. The van der Waals surface area contributed by atoms with Crippen LogP contribution in [0.2, 0.25) is 0 Å². The molecule has 0 spiro atoms. The van der Waals surface area contributed by atoms with Crippen molar-refractivity contribution in [2.45, 2.75) is 6.92 Å². The first-order valence-corrected chi connectivity index (χ1v) is 4.02. The van der Waals surface area contributed by atoms with Crippen LogP contribution in [0.4, 0.5) is 5.82 Å². The molecule has 0 aromatic carbocycles. The van der Waals surface area contributed by atoms with Crippen LogP contribution in [0.1, 0.15) is 6.92 Å². The number of carbonyl (C=O) groups is 1. The van der Waals surface area contributed by atoms with Crippen LogP contribution < -0.4 is 5.32 Å². The quantitative estimate of drug-likeness (QED) is 0.720. The van der Waals surface area contributed by atoms with E-state index in [1.807, 2.05) is 0 Å². The number of amides is 1. The Kier molecular flexibility index (Phi) is 2.65. The average Bonchev–Trinajstić information content (AvgIpc) is 1.96. The summed E-state index contributed by atoms with van der Waals surface area (Å²) in [6.07, 6.45) is 0. The fourth-order valence-corrected chi connectivity index (χ4v) is 0.996. The number of hydrogen-bond acceptors (Lipinski definition) is 3. The number of hydrogen-bond donors (Lipinski definition) is 2. The number of aromatic nitrogens is 1. The standard InChI is InChI=1S/C7H7BrN2O2/c1-4(11)9-7-5(12)2-3-6(8)10-7/h2-3,12H,1H3,(H,9,10,11). The molecule has 0 radical (unpaired) electrons. The van der Waals surface area contributed by atoms with E-state index in [1.165, 1.54) is 13.0 Å². The lowest BCUT2D eigenvalue weighted by atomic mass is 10.4. The first kappa shape index (κ1) is 8.99. The molecule has 1 aromatic rings. The molecule has 5 heteroatoms. The summed E-state index contributed by atoms with van der Waals surface area (Å²) < 4.78 is 0.559. The van der Waals surface area contributed by atoms with Gasteiger partial charge in [0.1, 0.15) is 4.60 Å². The normalized spacial score (nSPS) is 9.50. The predicted octanol–water partition coefficient (Wildman–Crippen LogP) is 1.51. The summed E-state index contributed by atoms with van der Waals surface area (Å²) in [4.78, 5) is 14.4. The second kappa shape index (κ2) is 3.53. The number of carbonyl (C=O) groups excluding carboxylic acids is 1. The lowest BCUT2D eigenvalue weighted by Gasteiger charge is -2.02. The summed E-state index contributed by atoms with van der Waals surface area (Å²) in [6.45, 7) is 1.35. The Morgan fingerprint density at radius 1 is 1.67 bits per heavy atom. The van der Waals surface area contributed by atoms with Crippen LogP contribution >= 0.6 is 15.9 Å². The SMILES string of the molecule is CC(=O)Nc1nc(Br)ccc1O. The Morgan fingerprint density at radius 2 is 2.33 bits per heavy atom. The van der Waals surface area contributed by atoms with E-state index in [2.05, 4.69) is 26.2 Å². The number of rotatable bonds is 1. The van der Waals surface area contributed by atoms with E-state index in [0.29, 0.717) is 4.60 Å². The number of halogens is 1. The van der Waals surface area contributed by atoms with E-state index in [4.69, 9.17) is 0 Å². The van der Waals surface area contributed by atoms with E-state index in [0.717, 1.165) is 0 Å². The Hall–Kier alpha value is -1.10. The highest BCUT2D eigenvalue weighted by molar-refractivity contribution is 9.10. The zero-order chi connectivity index (χ0) is 9.14. The topological polar surface area (TPSA) is 62.2 Å². The van der Waals surface area contributed by atoms with Crippen LogP contribution in [0.15, 0.2) is 16.7 Å². The molecular weight excluding hydrogens is 224 g/mol. The molecule has 0 aliphatic rings. The largest absolute Gasteiger partial charge is 0.504 e. The summed E-state index contributed by atoms with van der Waals surface area (Å²) in [5.74, 6) is -0.152. The highest BCUT2D eigenvalue weighted by Crippen LogP contribution is 2.22. The van der Waals surface area contributed by atoms with E-state index in [-0.39, 0.29) is 17.5 Å². The van der Waals surface area contributed by atoms with Crippen LogP contribution in [0.3, 0.4) is 0 Å². The van der Waals surface area contributed by atoms with E-state index < -0.39 is 0 Å². The monoisotopic (exact) mass is 230 g/mol. The Morgan fingerprint density at radius 3 is 2.92 bits per heavy atom. The van der Waals surface area contributed by atoms with Crippen molar-refractivity contribution in [3.05, 3.63) is 16.7 Å². The van der Waals surface area contributed by atoms with Crippen LogP contribution in [0.25, 0.3) is 0 Å². The number of nitrogens with one attached hydrogen (secondary N) is 1. The third-order valence-electron chi connectivity index (χ3n) is 1.13. The van der Waals surface area contributed by atoms with Gasteiger partial charge in [-0.15, -0.1) is 0 Å². The Labute approximate surface area is 77.8 Å². The predicted molar refractivity (Wildman–Crippen MR) is 47.9 cm³/mol. The van der Waals surface area contributed by atoms with Crippen molar-refractivity contribution < 1.29 is 9.90 Å². The molecule has 0 bridgehead atoms. The van der Waals surface area contributed by atoms with Gasteiger partial charge >= 0.3 is 0 Å². The van der Waals surface area contributed by atoms with Gasteiger partial charge in [0.2, 0.25) is 5.91 Å². The van der Waals surface area contributed by atoms with Gasteiger partial charge < -0.3 is 10.4 Å². The van der Waals surface area contributed by atoms with E-state index in [1.54, 1.807) is 6.07 Å². The fraction of sp³-hybridized carbons (Fsp3) is 0.143. The molecule has 0 atom stereocenters. The molecular formula is C7H7BrN2O2. The minimum absolute atomic E-state index is 0.0478. The van der Waals surface area contributed by atoms with Crippen LogP contribution in [0.5, 0.6) is 5.75 Å². The molecule has 1 aromatic heterocycles. The molecule has 12 heavy (non-hydrogen) atoms. The summed E-state index contributed by atoms with van der Waals surface area (Å²) in [5, 5.41) is 11.6. The molecule has 1 rings (SSSR count). The molecule has 0 saturated heterocycles. The number of aromatic hydroxyl groups is 1. The van der Waals surface area contributed by atoms with Crippen molar-refractivity contribution in [1.29, 1.82) is 0 Å². The third-order valence-corrected chi connectivity index (χ3v) is 1.58. The number of anilines is 1. The summed E-state index contributed by atoms with van der Waals surface area (Å²) in [5.41, 5.74) is 0. The van der Waals surface area contributed by atoms with Gasteiger partial charge in [0.25, 0.3) is 0 Å². The first-order valence-electron chi connectivity index (χ1n) is 3.22. The Balaban J connectivity index is 2.97. The molecule has 0 aliphatic heterocycles. The molecule has 0 fully saturated rings. The zero-order valence-corrected chi connectivity index (χ0v) is 7.92. The molecule has 0 saturated carbocycles. The summed E-state index contributed by atoms with van der Waals surface area (Å²) >= 11 is 3.11. The molecule has 1 heterocycles. The van der Waals surface area contributed by atoms with Gasteiger partial charge in [-0.2, -0.15) is 0 Å². The molecule has 1 amide bonds. The van der Waals surface area contributed by atoms with Crippen molar-refractivity contribution >= 4 is 27.7 Å². The second-order valence-electron chi connectivity index (χ2n) is 2.18. The zero-order valence-electron chi connectivity index (χ0n) is 6.34. The van der Waals surface area contributed by atoms with Gasteiger partial charge in [-0.1, -0.05) is 0 Å². The first-order chi connectivity index (χ1) is 5.59. The highest BCUT2D eigenvalue weighted by atomic mass is 79.9. The molecule has 0 aliphatic carbocycles. The summed E-state index contributed by atoms with van der Waals surface area (Å²) in [7, 11) is 0. The maximum atomic E-state index is 10.6. The lowest BCUT2D eigenvalue weighted by Crippen LogP contribution is -2.07. The highest BCUT2D eigenvalue weighted by Gasteiger charge is 2.03. The van der Waals surface area contributed by atoms with Gasteiger partial charge in [0, 0.05) is 6.92 Å². The van der Waals surface area contributed by atoms with Gasteiger partial charge in [-0.05, 0) is 28.1 Å². The van der Waals surface area contributed by atoms with Gasteiger partial charge in [0.15, 0.2) is 11.6 Å². The molecule has 64 valence electrons. The van der Waals surface area contributed by atoms with Gasteiger partial charge in [-0.25, -0.2) is 4.98 Å². The minimum atomic E-state index is -0.268. The van der Waals surface area contributed by atoms with E-state index >= 15 is 0 Å². The Bertz CT molecular complexity index is 314. The maximum absolute atomic E-state index is 10.6. The minimum Gasteiger partial charge on any atom is -0.504 e. The maximum Gasteiger partial charge on any atom is 0.222 e. The van der Waals surface area contributed by atoms with Crippen molar-refractivity contribution in [2.24, 2.45) is 0 Å². The number of nitrogens with zero attached hydrogens (tertiary/aromatic N) is 1. The third kappa shape index (κ3) is 2.20. The smallest absolute Gasteiger partial charge is 0.222 e. The lowest BCUT2D eigenvalue weighted by molar-refractivity contribution is -0.114. The van der Waals surface area contributed by atoms with Crippen molar-refractivity contribution in [3.63, 3.8) is 0 Å². The van der Waals surface area contributed by atoms with Crippen molar-refractivity contribution in [3.8, 4) is 5.75 Å². The molecule has 2 N–H and O–H groups in total. The van der Waals surface area contributed by atoms with Crippen LogP contribution in [-0.2, 0) is 4.79 Å². The molecule has 0 unspecified atom stereocenters. The van der Waals surface area contributed by atoms with E-state index in [9.17, 15) is 9.90 Å². The summed E-state index contributed by atoms with van der Waals surface area (Å²) in [6, 6.07) is 3.03. The average molecular weight is 231 g/mol. The fourth-order valence-electron chi connectivity index (χ4n) is 0.687. The number of pyridine rings is 1. The molecule has 4 nitrogen and oxygen atoms in total. The van der Waals surface area contributed by atoms with Gasteiger partial charge in [-0.3, -0.25) is 4.79 Å². The van der Waals surface area contributed by atoms with Crippen molar-refractivity contribution in [2.75, 3.05) is 5.32 Å².